The molecule has 1 aromatic rings. The molecular weight excluding hydrogens is 312 g/mol. The van der Waals surface area contributed by atoms with Gasteiger partial charge in [-0.15, -0.1) is 0 Å². The zero-order valence-corrected chi connectivity index (χ0v) is 11.5. The molecule has 84 valence electrons. The highest BCUT2D eigenvalue weighted by molar-refractivity contribution is 9.10. The van der Waals surface area contributed by atoms with Crippen molar-refractivity contribution < 1.29 is 4.79 Å². The van der Waals surface area contributed by atoms with Gasteiger partial charge < -0.3 is 10.6 Å². The number of halogens is 2. The normalized spacial score (nSPS) is 24.2. The largest absolute Gasteiger partial charge is 0.345 e. The van der Waals surface area contributed by atoms with Crippen LogP contribution in [0.4, 0.5) is 0 Å². The molecule has 0 aromatic heterocycles. The summed E-state index contributed by atoms with van der Waals surface area (Å²) in [6.07, 6.45) is 0. The predicted octanol–water partition coefficient (Wildman–Crippen LogP) is 2.32. The van der Waals surface area contributed by atoms with E-state index in [9.17, 15) is 4.79 Å². The molecule has 0 bridgehead atoms. The Kier molecular flexibility index (Phi) is 2.94. The minimum absolute atomic E-state index is 0.193. The minimum Gasteiger partial charge on any atom is -0.345 e. The van der Waals surface area contributed by atoms with Crippen molar-refractivity contribution in [2.75, 3.05) is 0 Å². The zero-order valence-electron chi connectivity index (χ0n) is 8.30. The molecule has 2 rings (SSSR count). The first-order chi connectivity index (χ1) is 7.43. The molecule has 6 heteroatoms. The van der Waals surface area contributed by atoms with Gasteiger partial charge in [0.25, 0.3) is 5.91 Å². The molecule has 1 amide bonds. The SMILES string of the molecule is CC1(c2ccc(Br)cc2Cl)NC(=S)NC1=O. The van der Waals surface area contributed by atoms with Gasteiger partial charge in [0.1, 0.15) is 5.54 Å². The average molecular weight is 320 g/mol. The maximum absolute atomic E-state index is 11.8. The van der Waals surface area contributed by atoms with Crippen molar-refractivity contribution in [3.05, 3.63) is 33.3 Å². The fraction of sp³-hybridized carbons (Fsp3) is 0.200. The minimum atomic E-state index is -0.894. The van der Waals surface area contributed by atoms with Crippen LogP contribution in [-0.2, 0) is 10.3 Å². The highest BCUT2D eigenvalue weighted by Gasteiger charge is 2.42. The van der Waals surface area contributed by atoms with Crippen molar-refractivity contribution in [2.24, 2.45) is 0 Å². The molecule has 0 aliphatic carbocycles. The summed E-state index contributed by atoms with van der Waals surface area (Å²) in [4.78, 5) is 11.8. The predicted molar refractivity (Wildman–Crippen MR) is 70.4 cm³/mol. The number of carbonyl (C=O) groups excluding carboxylic acids is 1. The number of thiocarbonyl (C=S) groups is 1. The lowest BCUT2D eigenvalue weighted by atomic mass is 9.92. The van der Waals surface area contributed by atoms with E-state index < -0.39 is 5.54 Å². The Labute approximate surface area is 112 Å². The van der Waals surface area contributed by atoms with Gasteiger partial charge in [0.05, 0.1) is 0 Å². The molecule has 1 saturated heterocycles. The Morgan fingerprint density at radius 2 is 2.19 bits per heavy atom. The summed E-state index contributed by atoms with van der Waals surface area (Å²) in [6, 6.07) is 5.38. The van der Waals surface area contributed by atoms with Gasteiger partial charge in [-0.25, -0.2) is 0 Å². The first-order valence-electron chi connectivity index (χ1n) is 4.52. The Morgan fingerprint density at radius 1 is 1.50 bits per heavy atom. The molecule has 1 aliphatic heterocycles. The topological polar surface area (TPSA) is 41.1 Å². The van der Waals surface area contributed by atoms with Gasteiger partial charge in [-0.3, -0.25) is 4.79 Å². The van der Waals surface area contributed by atoms with Crippen LogP contribution in [0.2, 0.25) is 5.02 Å². The number of hydrogen-bond acceptors (Lipinski definition) is 2. The fourth-order valence-electron chi connectivity index (χ4n) is 1.63. The smallest absolute Gasteiger partial charge is 0.256 e. The van der Waals surface area contributed by atoms with Crippen LogP contribution < -0.4 is 10.6 Å². The lowest BCUT2D eigenvalue weighted by molar-refractivity contribution is -0.123. The number of hydrogen-bond donors (Lipinski definition) is 2. The number of carbonyl (C=O) groups is 1. The van der Waals surface area contributed by atoms with Gasteiger partial charge >= 0.3 is 0 Å². The fourth-order valence-corrected chi connectivity index (χ4v) is 2.79. The van der Waals surface area contributed by atoms with Gasteiger partial charge in [-0.05, 0) is 31.3 Å². The van der Waals surface area contributed by atoms with E-state index in [2.05, 4.69) is 26.6 Å². The lowest BCUT2D eigenvalue weighted by Gasteiger charge is -2.22. The maximum Gasteiger partial charge on any atom is 0.256 e. The van der Waals surface area contributed by atoms with E-state index in [0.717, 1.165) is 4.47 Å². The van der Waals surface area contributed by atoms with Gasteiger partial charge in [-0.2, -0.15) is 0 Å². The third-order valence-electron chi connectivity index (χ3n) is 2.51. The average Bonchev–Trinajstić information content (AvgIpc) is 2.40. The summed E-state index contributed by atoms with van der Waals surface area (Å²) < 4.78 is 0.867. The summed E-state index contributed by atoms with van der Waals surface area (Å²) in [7, 11) is 0. The molecule has 1 heterocycles. The van der Waals surface area contributed by atoms with Crippen LogP contribution in [0, 0.1) is 0 Å². The van der Waals surface area contributed by atoms with Crippen molar-refractivity contribution in [3.8, 4) is 0 Å². The van der Waals surface area contributed by atoms with Gasteiger partial charge in [-0.1, -0.05) is 33.6 Å². The van der Waals surface area contributed by atoms with Gasteiger partial charge in [0.2, 0.25) is 0 Å². The third kappa shape index (κ3) is 1.83. The Morgan fingerprint density at radius 3 is 2.69 bits per heavy atom. The standard InChI is InChI=1S/C10H8BrClN2OS/c1-10(8(15)13-9(16)14-10)6-3-2-5(11)4-7(6)12/h2-4H,1H3,(H2,13,14,15,16). The van der Waals surface area contributed by atoms with Gasteiger partial charge in [0.15, 0.2) is 5.11 Å². The van der Waals surface area contributed by atoms with Crippen molar-refractivity contribution in [1.82, 2.24) is 10.6 Å². The number of benzene rings is 1. The molecule has 3 nitrogen and oxygen atoms in total. The quantitative estimate of drug-likeness (QED) is 0.781. The molecule has 1 fully saturated rings. The lowest BCUT2D eigenvalue weighted by Crippen LogP contribution is -2.40. The number of amides is 1. The number of nitrogens with one attached hydrogen (secondary N) is 2. The summed E-state index contributed by atoms with van der Waals surface area (Å²) in [6.45, 7) is 1.75. The van der Waals surface area contributed by atoms with Crippen LogP contribution in [0.1, 0.15) is 12.5 Å². The van der Waals surface area contributed by atoms with Crippen LogP contribution >= 0.6 is 39.7 Å². The Bertz CT molecular complexity index is 494. The van der Waals surface area contributed by atoms with E-state index in [1.165, 1.54) is 0 Å². The molecule has 16 heavy (non-hydrogen) atoms. The second-order valence-corrected chi connectivity index (χ2v) is 5.39. The molecule has 1 atom stereocenters. The second kappa shape index (κ2) is 3.98. The molecule has 1 aliphatic rings. The highest BCUT2D eigenvalue weighted by atomic mass is 79.9. The molecule has 0 radical (unpaired) electrons. The van der Waals surface area contributed by atoms with Crippen LogP contribution in [-0.4, -0.2) is 11.0 Å². The Balaban J connectivity index is 2.51. The van der Waals surface area contributed by atoms with Gasteiger partial charge in [0, 0.05) is 15.1 Å². The van der Waals surface area contributed by atoms with Crippen molar-refractivity contribution in [3.63, 3.8) is 0 Å². The molecule has 0 spiro atoms. The van der Waals surface area contributed by atoms with Crippen molar-refractivity contribution in [1.29, 1.82) is 0 Å². The van der Waals surface area contributed by atoms with E-state index in [1.807, 2.05) is 6.07 Å². The van der Waals surface area contributed by atoms with Crippen LogP contribution in [0.3, 0.4) is 0 Å². The van der Waals surface area contributed by atoms with E-state index in [-0.39, 0.29) is 5.91 Å². The van der Waals surface area contributed by atoms with Crippen molar-refractivity contribution >= 4 is 50.8 Å². The van der Waals surface area contributed by atoms with Crippen LogP contribution in [0.25, 0.3) is 0 Å². The monoisotopic (exact) mass is 318 g/mol. The maximum atomic E-state index is 11.8. The highest BCUT2D eigenvalue weighted by Crippen LogP contribution is 2.32. The van der Waals surface area contributed by atoms with E-state index in [0.29, 0.717) is 15.7 Å². The summed E-state index contributed by atoms with van der Waals surface area (Å²) in [5, 5.41) is 6.33. The third-order valence-corrected chi connectivity index (χ3v) is 3.52. The molecule has 0 saturated carbocycles. The summed E-state index contributed by atoms with van der Waals surface area (Å²) >= 11 is 14.4. The molecule has 1 aromatic carbocycles. The van der Waals surface area contributed by atoms with Crippen molar-refractivity contribution in [2.45, 2.75) is 12.5 Å². The first kappa shape index (κ1) is 11.8. The first-order valence-corrected chi connectivity index (χ1v) is 6.10. The zero-order chi connectivity index (χ0) is 11.9. The van der Waals surface area contributed by atoms with E-state index in [4.69, 9.17) is 23.8 Å². The Hall–Kier alpha value is -0.650. The summed E-state index contributed by atoms with van der Waals surface area (Å²) in [5.41, 5.74) is -0.191. The molecule has 1 unspecified atom stereocenters. The second-order valence-electron chi connectivity index (χ2n) is 3.66. The molecular formula is C10H8BrClN2OS. The summed E-state index contributed by atoms with van der Waals surface area (Å²) in [5.74, 6) is -0.193. The number of rotatable bonds is 1. The van der Waals surface area contributed by atoms with E-state index >= 15 is 0 Å². The van der Waals surface area contributed by atoms with Crippen LogP contribution in [0.5, 0.6) is 0 Å². The van der Waals surface area contributed by atoms with E-state index in [1.54, 1.807) is 19.1 Å². The molecule has 2 N–H and O–H groups in total. The van der Waals surface area contributed by atoms with Crippen LogP contribution in [0.15, 0.2) is 22.7 Å².